The zero-order chi connectivity index (χ0) is 24.2. The van der Waals surface area contributed by atoms with Crippen LogP contribution in [-0.2, 0) is 0 Å². The number of aryl methyl sites for hydroxylation is 1. The van der Waals surface area contributed by atoms with Gasteiger partial charge in [-0.15, -0.1) is 0 Å². The van der Waals surface area contributed by atoms with Crippen molar-refractivity contribution >= 4 is 39.7 Å². The number of nitrogens with one attached hydrogen (secondary N) is 2. The molecule has 8 nitrogen and oxygen atoms in total. The first-order valence-electron chi connectivity index (χ1n) is 10.7. The molecule has 0 spiro atoms. The number of rotatable bonds is 7. The van der Waals surface area contributed by atoms with E-state index in [4.69, 9.17) is 9.47 Å². The van der Waals surface area contributed by atoms with Crippen LogP contribution in [0, 0.1) is 6.92 Å². The molecular weight excluding hydrogens is 430 g/mol. The van der Waals surface area contributed by atoms with Gasteiger partial charge in [-0.25, -0.2) is 9.97 Å². The average Bonchev–Trinajstić information content (AvgIpc) is 2.85. The Hall–Kier alpha value is -4.33. The molecule has 0 unspecified atom stereocenters. The Labute approximate surface area is 198 Å². The molecule has 0 radical (unpaired) electrons. The summed E-state index contributed by atoms with van der Waals surface area (Å²) in [4.78, 5) is 23.6. The van der Waals surface area contributed by atoms with Gasteiger partial charge in [0.2, 0.25) is 0 Å². The van der Waals surface area contributed by atoms with Crippen molar-refractivity contribution < 1.29 is 14.3 Å². The minimum atomic E-state index is -0.178. The second-order valence-corrected chi connectivity index (χ2v) is 8.00. The molecule has 0 fully saturated rings. The normalized spacial score (nSPS) is 10.6. The third-order valence-electron chi connectivity index (χ3n) is 5.51. The first-order chi connectivity index (χ1) is 16.4. The molecule has 0 saturated heterocycles. The molecule has 1 amide bonds. The Morgan fingerprint density at radius 2 is 1.71 bits per heavy atom. The highest BCUT2D eigenvalue weighted by atomic mass is 16.5. The van der Waals surface area contributed by atoms with Gasteiger partial charge in [0.1, 0.15) is 12.1 Å². The number of aromatic nitrogens is 2. The summed E-state index contributed by atoms with van der Waals surface area (Å²) in [6.07, 6.45) is 1.50. The van der Waals surface area contributed by atoms with Gasteiger partial charge < -0.3 is 25.0 Å². The molecule has 1 aromatic heterocycles. The predicted molar refractivity (Wildman–Crippen MR) is 136 cm³/mol. The van der Waals surface area contributed by atoms with Crippen molar-refractivity contribution in [1.29, 1.82) is 0 Å². The lowest BCUT2D eigenvalue weighted by Gasteiger charge is -2.15. The predicted octanol–water partition coefficient (Wildman–Crippen LogP) is 5.02. The molecule has 1 heterocycles. The average molecular weight is 458 g/mol. The monoisotopic (exact) mass is 457 g/mol. The number of carbonyl (C=O) groups excluding carboxylic acids is 1. The Kier molecular flexibility index (Phi) is 6.49. The summed E-state index contributed by atoms with van der Waals surface area (Å²) in [5, 5.41) is 7.14. The van der Waals surface area contributed by atoms with Crippen LogP contribution in [0.4, 0.5) is 22.9 Å². The maximum absolute atomic E-state index is 12.9. The Morgan fingerprint density at radius 1 is 0.941 bits per heavy atom. The van der Waals surface area contributed by atoms with Crippen molar-refractivity contribution in [2.75, 3.05) is 43.8 Å². The van der Waals surface area contributed by atoms with Crippen molar-refractivity contribution in [1.82, 2.24) is 9.97 Å². The summed E-state index contributed by atoms with van der Waals surface area (Å²) in [6.45, 7) is 1.99. The summed E-state index contributed by atoms with van der Waals surface area (Å²) >= 11 is 0. The third-order valence-corrected chi connectivity index (χ3v) is 5.51. The molecule has 4 aromatic rings. The van der Waals surface area contributed by atoms with Crippen molar-refractivity contribution in [3.8, 4) is 11.5 Å². The number of fused-ring (bicyclic) bond motifs is 1. The smallest absolute Gasteiger partial charge is 0.255 e. The molecule has 174 valence electrons. The van der Waals surface area contributed by atoms with E-state index in [1.807, 2.05) is 74.4 Å². The maximum Gasteiger partial charge on any atom is 0.255 e. The van der Waals surface area contributed by atoms with E-state index in [1.54, 1.807) is 20.3 Å². The van der Waals surface area contributed by atoms with Gasteiger partial charge in [0.15, 0.2) is 11.5 Å². The molecule has 0 aliphatic rings. The molecule has 0 atom stereocenters. The number of carbonyl (C=O) groups is 1. The van der Waals surface area contributed by atoms with Crippen LogP contribution in [0.1, 0.15) is 15.9 Å². The van der Waals surface area contributed by atoms with E-state index in [9.17, 15) is 4.79 Å². The van der Waals surface area contributed by atoms with E-state index in [0.717, 1.165) is 27.8 Å². The van der Waals surface area contributed by atoms with E-state index >= 15 is 0 Å². The van der Waals surface area contributed by atoms with Gasteiger partial charge in [0, 0.05) is 48.2 Å². The summed E-state index contributed by atoms with van der Waals surface area (Å²) in [7, 11) is 7.06. The molecule has 2 N–H and O–H groups in total. The van der Waals surface area contributed by atoms with Gasteiger partial charge in [0.05, 0.1) is 19.7 Å². The second-order valence-electron chi connectivity index (χ2n) is 8.00. The van der Waals surface area contributed by atoms with Gasteiger partial charge in [-0.05, 0) is 48.9 Å². The van der Waals surface area contributed by atoms with Gasteiger partial charge >= 0.3 is 0 Å². The van der Waals surface area contributed by atoms with Crippen molar-refractivity contribution in [3.63, 3.8) is 0 Å². The highest BCUT2D eigenvalue weighted by Gasteiger charge is 2.13. The zero-order valence-electron chi connectivity index (χ0n) is 19.8. The molecule has 0 aliphatic carbocycles. The van der Waals surface area contributed by atoms with Crippen LogP contribution in [-0.4, -0.2) is 44.2 Å². The van der Waals surface area contributed by atoms with E-state index in [0.29, 0.717) is 28.6 Å². The van der Waals surface area contributed by atoms with Crippen LogP contribution < -0.4 is 25.0 Å². The number of amides is 1. The topological polar surface area (TPSA) is 88.6 Å². The number of methoxy groups -OCH3 is 2. The largest absolute Gasteiger partial charge is 0.493 e. The first kappa shape index (κ1) is 22.8. The quantitative estimate of drug-likeness (QED) is 0.403. The summed E-state index contributed by atoms with van der Waals surface area (Å²) in [5.41, 5.74) is 4.75. The third kappa shape index (κ3) is 4.71. The maximum atomic E-state index is 12.9. The molecule has 0 bridgehead atoms. The van der Waals surface area contributed by atoms with Crippen LogP contribution >= 0.6 is 0 Å². The molecule has 0 aliphatic heterocycles. The molecule has 34 heavy (non-hydrogen) atoms. The summed E-state index contributed by atoms with van der Waals surface area (Å²) < 4.78 is 10.8. The second kappa shape index (κ2) is 9.66. The lowest BCUT2D eigenvalue weighted by atomic mass is 10.1. The van der Waals surface area contributed by atoms with Gasteiger partial charge in [0.25, 0.3) is 5.91 Å². The van der Waals surface area contributed by atoms with Crippen LogP contribution in [0.3, 0.4) is 0 Å². The van der Waals surface area contributed by atoms with E-state index < -0.39 is 0 Å². The summed E-state index contributed by atoms with van der Waals surface area (Å²) in [6, 6.07) is 16.8. The lowest BCUT2D eigenvalue weighted by molar-refractivity contribution is 0.102. The fraction of sp³-hybridized carbons (Fsp3) is 0.192. The van der Waals surface area contributed by atoms with Gasteiger partial charge in [-0.3, -0.25) is 4.79 Å². The highest BCUT2D eigenvalue weighted by molar-refractivity contribution is 6.05. The number of hydrogen-bond donors (Lipinski definition) is 2. The van der Waals surface area contributed by atoms with Crippen molar-refractivity contribution in [2.45, 2.75) is 6.92 Å². The fourth-order valence-electron chi connectivity index (χ4n) is 3.57. The number of benzene rings is 3. The molecule has 8 heteroatoms. The van der Waals surface area contributed by atoms with E-state index in [2.05, 4.69) is 20.6 Å². The SMILES string of the molecule is COc1cc2ncnc(Nc3cc(NC(=O)c4cccc(N(C)C)c4)ccc3C)c2cc1OC. The standard InChI is InChI=1S/C26H27N5O3/c1-16-9-10-18(29-26(32)17-7-6-8-19(11-17)31(2)3)12-21(16)30-25-20-13-23(33-4)24(34-5)14-22(20)27-15-28-25/h6-15H,1-5H3,(H,29,32)(H,27,28,30). The van der Waals surface area contributed by atoms with Crippen molar-refractivity contribution in [3.05, 3.63) is 72.1 Å². The van der Waals surface area contributed by atoms with Crippen molar-refractivity contribution in [2.24, 2.45) is 0 Å². The molecule has 3 aromatic carbocycles. The minimum absolute atomic E-state index is 0.178. The van der Waals surface area contributed by atoms with E-state index in [-0.39, 0.29) is 5.91 Å². The lowest BCUT2D eigenvalue weighted by Crippen LogP contribution is -2.14. The number of anilines is 4. The molecule has 4 rings (SSSR count). The van der Waals surface area contributed by atoms with Gasteiger partial charge in [-0.2, -0.15) is 0 Å². The Morgan fingerprint density at radius 3 is 2.44 bits per heavy atom. The Bertz CT molecular complexity index is 1350. The van der Waals surface area contributed by atoms with Crippen LogP contribution in [0.5, 0.6) is 11.5 Å². The van der Waals surface area contributed by atoms with Crippen LogP contribution in [0.25, 0.3) is 10.9 Å². The van der Waals surface area contributed by atoms with Crippen LogP contribution in [0.15, 0.2) is 60.9 Å². The van der Waals surface area contributed by atoms with Gasteiger partial charge in [-0.1, -0.05) is 12.1 Å². The van der Waals surface area contributed by atoms with Crippen LogP contribution in [0.2, 0.25) is 0 Å². The molecular formula is C26H27N5O3. The number of ether oxygens (including phenoxy) is 2. The number of hydrogen-bond acceptors (Lipinski definition) is 7. The summed E-state index contributed by atoms with van der Waals surface area (Å²) in [5.74, 6) is 1.63. The number of nitrogens with zero attached hydrogens (tertiary/aromatic N) is 3. The Balaban J connectivity index is 1.63. The fourth-order valence-corrected chi connectivity index (χ4v) is 3.57. The highest BCUT2D eigenvalue weighted by Crippen LogP contribution is 2.35. The molecule has 0 saturated carbocycles. The van der Waals surface area contributed by atoms with E-state index in [1.165, 1.54) is 6.33 Å². The zero-order valence-corrected chi connectivity index (χ0v) is 19.8. The first-order valence-corrected chi connectivity index (χ1v) is 10.7. The minimum Gasteiger partial charge on any atom is -0.493 e.